The molecule has 0 N–H and O–H groups in total. The van der Waals surface area contributed by atoms with E-state index in [0.29, 0.717) is 12.2 Å². The normalized spacial score (nSPS) is 21.0. The van der Waals surface area contributed by atoms with Gasteiger partial charge < -0.3 is 0 Å². The van der Waals surface area contributed by atoms with Crippen molar-refractivity contribution in [2.75, 3.05) is 0 Å². The number of rotatable bonds is 4. The van der Waals surface area contributed by atoms with Crippen molar-refractivity contribution < 1.29 is 9.59 Å². The number of hydrogen-bond acceptors (Lipinski definition) is 2. The molecule has 1 fully saturated rings. The van der Waals surface area contributed by atoms with Crippen LogP contribution in [0.2, 0.25) is 0 Å². The summed E-state index contributed by atoms with van der Waals surface area (Å²) in [7, 11) is 0. The molecule has 0 saturated heterocycles. The fourth-order valence-electron chi connectivity index (χ4n) is 1.90. The first-order valence-corrected chi connectivity index (χ1v) is 5.30. The second-order valence-corrected chi connectivity index (χ2v) is 4.28. The Morgan fingerprint density at radius 3 is 2.71 bits per heavy atom. The van der Waals surface area contributed by atoms with Gasteiger partial charge in [0.05, 0.1) is 0 Å². The van der Waals surface area contributed by atoms with Crippen LogP contribution in [-0.4, -0.2) is 11.6 Å². The van der Waals surface area contributed by atoms with Crippen molar-refractivity contribution in [3.63, 3.8) is 0 Å². The third kappa shape index (κ3) is 3.44. The van der Waals surface area contributed by atoms with Gasteiger partial charge in [0.25, 0.3) is 0 Å². The van der Waals surface area contributed by atoms with E-state index < -0.39 is 0 Å². The van der Waals surface area contributed by atoms with Crippen LogP contribution < -0.4 is 0 Å². The molecule has 0 radical (unpaired) electrons. The van der Waals surface area contributed by atoms with Crippen LogP contribution >= 0.6 is 0 Å². The third-order valence-electron chi connectivity index (χ3n) is 2.62. The van der Waals surface area contributed by atoms with Gasteiger partial charge >= 0.3 is 0 Å². The maximum Gasteiger partial charge on any atom is 0.155 e. The monoisotopic (exact) mass is 194 g/mol. The summed E-state index contributed by atoms with van der Waals surface area (Å²) in [5.74, 6) is 0.684. The van der Waals surface area contributed by atoms with Crippen LogP contribution in [0.1, 0.15) is 46.0 Å². The molecule has 1 aliphatic rings. The summed E-state index contributed by atoms with van der Waals surface area (Å²) in [5, 5.41) is 0. The summed E-state index contributed by atoms with van der Waals surface area (Å²) >= 11 is 0. The molecule has 0 aromatic carbocycles. The average molecular weight is 194 g/mol. The Hall–Kier alpha value is -0.920. The number of allylic oxidation sites excluding steroid dienone is 2. The first-order valence-electron chi connectivity index (χ1n) is 5.30. The highest BCUT2D eigenvalue weighted by molar-refractivity contribution is 5.91. The van der Waals surface area contributed by atoms with E-state index in [0.717, 1.165) is 31.3 Å². The van der Waals surface area contributed by atoms with E-state index in [1.807, 2.05) is 13.8 Å². The maximum absolute atomic E-state index is 11.3. The Morgan fingerprint density at radius 2 is 2.21 bits per heavy atom. The smallest absolute Gasteiger partial charge is 0.155 e. The second-order valence-electron chi connectivity index (χ2n) is 4.28. The van der Waals surface area contributed by atoms with Gasteiger partial charge in [-0.25, -0.2) is 0 Å². The van der Waals surface area contributed by atoms with Crippen LogP contribution in [0.5, 0.6) is 0 Å². The predicted molar refractivity (Wildman–Crippen MR) is 56.0 cm³/mol. The molecule has 14 heavy (non-hydrogen) atoms. The fourth-order valence-corrected chi connectivity index (χ4v) is 1.90. The topological polar surface area (TPSA) is 34.1 Å². The molecule has 1 aliphatic carbocycles. The van der Waals surface area contributed by atoms with Gasteiger partial charge in [-0.1, -0.05) is 5.57 Å². The minimum atomic E-state index is 0.157. The SMILES string of the molecule is CC(C)=CC(=O)CCC1CCCC1=O. The van der Waals surface area contributed by atoms with Gasteiger partial charge in [0.1, 0.15) is 5.78 Å². The van der Waals surface area contributed by atoms with E-state index in [2.05, 4.69) is 0 Å². The minimum absolute atomic E-state index is 0.157. The molecule has 2 nitrogen and oxygen atoms in total. The molecule has 1 unspecified atom stereocenters. The Bertz CT molecular complexity index is 259. The van der Waals surface area contributed by atoms with Crippen molar-refractivity contribution in [1.82, 2.24) is 0 Å². The Morgan fingerprint density at radius 1 is 1.50 bits per heavy atom. The molecule has 0 aromatic heterocycles. The molecule has 0 heterocycles. The third-order valence-corrected chi connectivity index (χ3v) is 2.62. The molecule has 0 aromatic rings. The predicted octanol–water partition coefficient (Wildman–Crippen LogP) is 2.67. The number of Topliss-reactive ketones (excluding diaryl/α,β-unsaturated/α-hetero) is 1. The largest absolute Gasteiger partial charge is 0.299 e. The lowest BCUT2D eigenvalue weighted by molar-refractivity contribution is -0.121. The minimum Gasteiger partial charge on any atom is -0.299 e. The Kier molecular flexibility index (Phi) is 4.05. The van der Waals surface area contributed by atoms with Crippen LogP contribution in [0.4, 0.5) is 0 Å². The van der Waals surface area contributed by atoms with Crippen LogP contribution in [0.25, 0.3) is 0 Å². The lowest BCUT2D eigenvalue weighted by Gasteiger charge is -2.04. The molecule has 78 valence electrons. The molecule has 2 heteroatoms. The van der Waals surface area contributed by atoms with Gasteiger partial charge in [-0.2, -0.15) is 0 Å². The highest BCUT2D eigenvalue weighted by Gasteiger charge is 2.24. The van der Waals surface area contributed by atoms with Crippen LogP contribution in [0.15, 0.2) is 11.6 Å². The summed E-state index contributed by atoms with van der Waals surface area (Å²) in [4.78, 5) is 22.6. The number of ketones is 2. The molecule has 1 rings (SSSR count). The summed E-state index contributed by atoms with van der Waals surface area (Å²) in [6, 6.07) is 0. The fraction of sp³-hybridized carbons (Fsp3) is 0.667. The molecular weight excluding hydrogens is 176 g/mol. The second kappa shape index (κ2) is 5.08. The van der Waals surface area contributed by atoms with Gasteiger partial charge in [0.15, 0.2) is 5.78 Å². The average Bonchev–Trinajstić information content (AvgIpc) is 2.46. The number of hydrogen-bond donors (Lipinski definition) is 0. The van der Waals surface area contributed by atoms with E-state index in [1.54, 1.807) is 6.08 Å². The molecule has 0 amide bonds. The Labute approximate surface area is 85.4 Å². The molecule has 0 aliphatic heterocycles. The Balaban J connectivity index is 2.30. The summed E-state index contributed by atoms with van der Waals surface area (Å²) in [6.45, 7) is 3.83. The summed E-state index contributed by atoms with van der Waals surface area (Å²) < 4.78 is 0. The number of carbonyl (C=O) groups excluding carboxylic acids is 2. The van der Waals surface area contributed by atoms with Crippen molar-refractivity contribution in [3.8, 4) is 0 Å². The van der Waals surface area contributed by atoms with Crippen molar-refractivity contribution in [1.29, 1.82) is 0 Å². The molecule has 0 spiro atoms. The zero-order valence-corrected chi connectivity index (χ0v) is 9.01. The van der Waals surface area contributed by atoms with E-state index in [9.17, 15) is 9.59 Å². The van der Waals surface area contributed by atoms with Crippen LogP contribution in [0.3, 0.4) is 0 Å². The van der Waals surface area contributed by atoms with E-state index >= 15 is 0 Å². The van der Waals surface area contributed by atoms with Gasteiger partial charge in [0, 0.05) is 18.8 Å². The molecular formula is C12H18O2. The lowest BCUT2D eigenvalue weighted by Crippen LogP contribution is -2.08. The van der Waals surface area contributed by atoms with Gasteiger partial charge in [-0.15, -0.1) is 0 Å². The molecule has 0 bridgehead atoms. The van der Waals surface area contributed by atoms with Crippen LogP contribution in [0, 0.1) is 5.92 Å². The molecule has 1 saturated carbocycles. The van der Waals surface area contributed by atoms with Crippen molar-refractivity contribution >= 4 is 11.6 Å². The van der Waals surface area contributed by atoms with E-state index in [1.165, 1.54) is 0 Å². The lowest BCUT2D eigenvalue weighted by atomic mass is 9.99. The standard InChI is InChI=1S/C12H18O2/c1-9(2)8-11(13)7-6-10-4-3-5-12(10)14/h8,10H,3-7H2,1-2H3. The van der Waals surface area contributed by atoms with Crippen molar-refractivity contribution in [3.05, 3.63) is 11.6 Å². The van der Waals surface area contributed by atoms with E-state index in [4.69, 9.17) is 0 Å². The highest BCUT2D eigenvalue weighted by Crippen LogP contribution is 2.25. The van der Waals surface area contributed by atoms with Crippen molar-refractivity contribution in [2.45, 2.75) is 46.0 Å². The summed E-state index contributed by atoms with van der Waals surface area (Å²) in [6.07, 6.45) is 5.67. The zero-order valence-electron chi connectivity index (χ0n) is 9.01. The maximum atomic E-state index is 11.3. The highest BCUT2D eigenvalue weighted by atomic mass is 16.1. The van der Waals surface area contributed by atoms with Crippen LogP contribution in [-0.2, 0) is 9.59 Å². The quantitative estimate of drug-likeness (QED) is 0.645. The van der Waals surface area contributed by atoms with Gasteiger partial charge in [0.2, 0.25) is 0 Å². The van der Waals surface area contributed by atoms with Gasteiger partial charge in [-0.3, -0.25) is 9.59 Å². The van der Waals surface area contributed by atoms with E-state index in [-0.39, 0.29) is 11.7 Å². The number of carbonyl (C=O) groups is 2. The van der Waals surface area contributed by atoms with Gasteiger partial charge in [-0.05, 0) is 39.2 Å². The molecule has 1 atom stereocenters. The zero-order chi connectivity index (χ0) is 10.6. The first kappa shape index (κ1) is 11.2. The first-order chi connectivity index (χ1) is 6.59. The summed E-state index contributed by atoms with van der Waals surface area (Å²) in [5.41, 5.74) is 1.03. The van der Waals surface area contributed by atoms with Crippen molar-refractivity contribution in [2.24, 2.45) is 5.92 Å².